The van der Waals surface area contributed by atoms with Gasteiger partial charge in [-0.25, -0.2) is 4.39 Å². The number of aromatic nitrogens is 3. The van der Waals surface area contributed by atoms with Gasteiger partial charge in [-0.05, 0) is 31.7 Å². The Morgan fingerprint density at radius 2 is 2.04 bits per heavy atom. The third kappa shape index (κ3) is 3.49. The Hall–Kier alpha value is -1.54. The molecule has 2 aromatic rings. The fraction of sp³-hybridized carbons (Fsp3) is 0.526. The zero-order valence-corrected chi connectivity index (χ0v) is 16.5. The quantitative estimate of drug-likeness (QED) is 0.681. The summed E-state index contributed by atoms with van der Waals surface area (Å²) in [5, 5.41) is 9.40. The Labute approximate surface area is 166 Å². The number of amides is 1. The SMILES string of the molecule is O=C(CSc1nnc(C2CC2)n1C1CC1)N1CCS[C@H]1c1ccccc1F. The zero-order chi connectivity index (χ0) is 18.4. The van der Waals surface area contributed by atoms with Crippen molar-refractivity contribution in [3.8, 4) is 0 Å². The van der Waals surface area contributed by atoms with E-state index in [9.17, 15) is 9.18 Å². The van der Waals surface area contributed by atoms with E-state index in [1.807, 2.05) is 6.07 Å². The van der Waals surface area contributed by atoms with Crippen molar-refractivity contribution in [2.45, 2.75) is 48.2 Å². The van der Waals surface area contributed by atoms with Crippen molar-refractivity contribution in [3.05, 3.63) is 41.5 Å². The first-order chi connectivity index (χ1) is 13.2. The number of rotatable bonds is 6. The van der Waals surface area contributed by atoms with Gasteiger partial charge < -0.3 is 9.47 Å². The maximum atomic E-state index is 14.2. The normalized spacial score (nSPS) is 22.4. The number of carbonyl (C=O) groups excluding carboxylic acids is 1. The molecule has 0 N–H and O–H groups in total. The van der Waals surface area contributed by atoms with Gasteiger partial charge in [-0.15, -0.1) is 22.0 Å². The summed E-state index contributed by atoms with van der Waals surface area (Å²) in [6, 6.07) is 7.26. The van der Waals surface area contributed by atoms with E-state index < -0.39 is 0 Å². The van der Waals surface area contributed by atoms with Crippen LogP contribution in [-0.4, -0.2) is 43.6 Å². The van der Waals surface area contributed by atoms with E-state index in [2.05, 4.69) is 14.8 Å². The molecule has 1 aliphatic heterocycles. The van der Waals surface area contributed by atoms with Gasteiger partial charge >= 0.3 is 0 Å². The van der Waals surface area contributed by atoms with E-state index in [1.54, 1.807) is 28.8 Å². The first-order valence-corrected chi connectivity index (χ1v) is 11.5. The Morgan fingerprint density at radius 3 is 2.78 bits per heavy atom. The minimum atomic E-state index is -0.245. The molecule has 1 amide bonds. The van der Waals surface area contributed by atoms with Gasteiger partial charge in [0, 0.05) is 29.8 Å². The predicted molar refractivity (Wildman–Crippen MR) is 104 cm³/mol. The molecule has 3 aliphatic rings. The lowest BCUT2D eigenvalue weighted by molar-refractivity contribution is -0.128. The second kappa shape index (κ2) is 7.13. The molecule has 0 spiro atoms. The monoisotopic (exact) mass is 404 g/mol. The highest BCUT2D eigenvalue weighted by molar-refractivity contribution is 8.00. The second-order valence-electron chi connectivity index (χ2n) is 7.34. The molecule has 0 bridgehead atoms. The van der Waals surface area contributed by atoms with Gasteiger partial charge in [-0.1, -0.05) is 30.0 Å². The molecule has 1 atom stereocenters. The fourth-order valence-corrected chi connectivity index (χ4v) is 5.75. The molecule has 3 fully saturated rings. The van der Waals surface area contributed by atoms with Gasteiger partial charge in [0.2, 0.25) is 5.91 Å². The van der Waals surface area contributed by atoms with Crippen molar-refractivity contribution in [1.29, 1.82) is 0 Å². The highest BCUT2D eigenvalue weighted by Gasteiger charge is 2.37. The summed E-state index contributed by atoms with van der Waals surface area (Å²) in [5.41, 5.74) is 0.593. The van der Waals surface area contributed by atoms with Crippen molar-refractivity contribution in [2.75, 3.05) is 18.1 Å². The molecule has 5 rings (SSSR count). The number of hydrogen-bond acceptors (Lipinski definition) is 5. The van der Waals surface area contributed by atoms with Gasteiger partial charge in [0.25, 0.3) is 0 Å². The van der Waals surface area contributed by atoms with Crippen molar-refractivity contribution in [3.63, 3.8) is 0 Å². The van der Waals surface area contributed by atoms with E-state index in [0.717, 1.165) is 16.7 Å². The predicted octanol–water partition coefficient (Wildman–Crippen LogP) is 4.00. The van der Waals surface area contributed by atoms with E-state index in [4.69, 9.17) is 0 Å². The number of thioether (sulfide) groups is 2. The topological polar surface area (TPSA) is 51.0 Å². The lowest BCUT2D eigenvalue weighted by Crippen LogP contribution is -2.32. The first-order valence-electron chi connectivity index (χ1n) is 9.45. The van der Waals surface area contributed by atoms with Crippen LogP contribution in [-0.2, 0) is 4.79 Å². The summed E-state index contributed by atoms with van der Waals surface area (Å²) < 4.78 is 16.5. The molecular weight excluding hydrogens is 383 g/mol. The fourth-order valence-electron chi connectivity index (χ4n) is 3.55. The highest BCUT2D eigenvalue weighted by Crippen LogP contribution is 2.46. The lowest BCUT2D eigenvalue weighted by Gasteiger charge is -2.24. The number of nitrogens with zero attached hydrogens (tertiary/aromatic N) is 4. The van der Waals surface area contributed by atoms with Crippen molar-refractivity contribution in [2.24, 2.45) is 0 Å². The van der Waals surface area contributed by atoms with Crippen molar-refractivity contribution < 1.29 is 9.18 Å². The number of hydrogen-bond donors (Lipinski definition) is 0. The van der Waals surface area contributed by atoms with Crippen LogP contribution in [0.2, 0.25) is 0 Å². The third-order valence-corrected chi connectivity index (χ3v) is 7.42. The molecule has 0 unspecified atom stereocenters. The number of halogens is 1. The van der Waals surface area contributed by atoms with E-state index in [0.29, 0.717) is 29.8 Å². The molecule has 8 heteroatoms. The van der Waals surface area contributed by atoms with Crippen LogP contribution in [0.3, 0.4) is 0 Å². The average molecular weight is 405 g/mol. The van der Waals surface area contributed by atoms with Crippen LogP contribution in [0.4, 0.5) is 4.39 Å². The molecule has 2 saturated carbocycles. The molecule has 27 heavy (non-hydrogen) atoms. The summed E-state index contributed by atoms with van der Waals surface area (Å²) in [6.07, 6.45) is 4.75. The molecule has 1 saturated heterocycles. The highest BCUT2D eigenvalue weighted by atomic mass is 32.2. The molecule has 5 nitrogen and oxygen atoms in total. The van der Waals surface area contributed by atoms with E-state index in [-0.39, 0.29) is 17.1 Å². The van der Waals surface area contributed by atoms with Crippen LogP contribution < -0.4 is 0 Å². The molecule has 2 heterocycles. The Kier molecular flexibility index (Phi) is 4.63. The maximum Gasteiger partial charge on any atom is 0.234 e. The summed E-state index contributed by atoms with van der Waals surface area (Å²) >= 11 is 3.10. The Morgan fingerprint density at radius 1 is 1.22 bits per heavy atom. The van der Waals surface area contributed by atoms with Crippen molar-refractivity contribution in [1.82, 2.24) is 19.7 Å². The molecule has 1 aromatic heterocycles. The van der Waals surface area contributed by atoms with Crippen LogP contribution in [0.25, 0.3) is 0 Å². The lowest BCUT2D eigenvalue weighted by atomic mass is 10.2. The van der Waals surface area contributed by atoms with Crippen molar-refractivity contribution >= 4 is 29.4 Å². The average Bonchev–Trinajstić information content (AvgIpc) is 3.61. The minimum absolute atomic E-state index is 0.0385. The number of carbonyl (C=O) groups is 1. The summed E-state index contributed by atoms with van der Waals surface area (Å²) in [4.78, 5) is 14.7. The zero-order valence-electron chi connectivity index (χ0n) is 14.9. The van der Waals surface area contributed by atoms with Crippen LogP contribution in [0, 0.1) is 5.82 Å². The van der Waals surface area contributed by atoms with E-state index >= 15 is 0 Å². The Balaban J connectivity index is 1.29. The number of benzene rings is 1. The van der Waals surface area contributed by atoms with Gasteiger partial charge in [-0.2, -0.15) is 0 Å². The molecule has 142 valence electrons. The molecule has 2 aliphatic carbocycles. The minimum Gasteiger partial charge on any atom is -0.325 e. The summed E-state index contributed by atoms with van der Waals surface area (Å²) in [7, 11) is 0. The van der Waals surface area contributed by atoms with Crippen LogP contribution in [0.5, 0.6) is 0 Å². The maximum absolute atomic E-state index is 14.2. The van der Waals surface area contributed by atoms with Gasteiger partial charge in [0.1, 0.15) is 17.0 Å². The van der Waals surface area contributed by atoms with Crippen LogP contribution in [0.15, 0.2) is 29.4 Å². The van der Waals surface area contributed by atoms with Gasteiger partial charge in [0.15, 0.2) is 5.16 Å². The third-order valence-electron chi connectivity index (χ3n) is 5.25. The molecule has 1 aromatic carbocycles. The molecule has 0 radical (unpaired) electrons. The van der Waals surface area contributed by atoms with E-state index in [1.165, 1.54) is 43.5 Å². The first kappa shape index (κ1) is 17.6. The smallest absolute Gasteiger partial charge is 0.234 e. The standard InChI is InChI=1S/C19H21FN4OS2/c20-15-4-2-1-3-14(15)18-23(9-10-26-18)16(25)11-27-19-22-21-17(12-5-6-12)24(19)13-7-8-13/h1-4,12-13,18H,5-11H2/t18-/m0/s1. The largest absolute Gasteiger partial charge is 0.325 e. The second-order valence-corrected chi connectivity index (χ2v) is 9.47. The Bertz CT molecular complexity index is 865. The summed E-state index contributed by atoms with van der Waals surface area (Å²) in [6.45, 7) is 0.658. The van der Waals surface area contributed by atoms with Crippen LogP contribution in [0.1, 0.15) is 54.4 Å². The summed E-state index contributed by atoms with van der Waals surface area (Å²) in [5.74, 6) is 2.61. The van der Waals surface area contributed by atoms with Gasteiger partial charge in [0.05, 0.1) is 5.75 Å². The van der Waals surface area contributed by atoms with Gasteiger partial charge in [-0.3, -0.25) is 4.79 Å². The van der Waals surface area contributed by atoms with Crippen LogP contribution >= 0.6 is 23.5 Å². The molecular formula is C19H21FN4OS2.